The molecule has 0 bridgehead atoms. The number of halogens is 2. The topological polar surface area (TPSA) is 38.3 Å². The molecule has 0 saturated heterocycles. The molecule has 0 aliphatic carbocycles. The summed E-state index contributed by atoms with van der Waals surface area (Å²) in [6.45, 7) is 0. The molecule has 0 aliphatic rings. The van der Waals surface area contributed by atoms with E-state index in [4.69, 9.17) is 16.3 Å². The number of methoxy groups -OCH3 is 1. The van der Waals surface area contributed by atoms with Crippen molar-refractivity contribution in [1.29, 1.82) is 0 Å². The van der Waals surface area contributed by atoms with E-state index < -0.39 is 0 Å². The molecule has 1 aromatic rings. The Morgan fingerprint density at radius 2 is 2.31 bits per heavy atom. The van der Waals surface area contributed by atoms with Crippen molar-refractivity contribution in [2.45, 2.75) is 0 Å². The lowest BCUT2D eigenvalue weighted by Crippen LogP contribution is -2.00. The zero-order valence-electron chi connectivity index (χ0n) is 6.80. The summed E-state index contributed by atoms with van der Waals surface area (Å²) < 4.78 is 4.95. The van der Waals surface area contributed by atoms with Gasteiger partial charge in [0, 0.05) is 22.0 Å². The minimum atomic E-state index is -0.334. The van der Waals surface area contributed by atoms with E-state index >= 15 is 0 Å². The summed E-state index contributed by atoms with van der Waals surface area (Å²) in [7, 11) is 1.55. The number of hydrogen-bond donors (Lipinski definition) is 1. The maximum Gasteiger partial charge on any atom is 0.291 e. The van der Waals surface area contributed by atoms with Crippen LogP contribution in [0.4, 0.5) is 10.5 Å². The van der Waals surface area contributed by atoms with Gasteiger partial charge in [-0.1, -0.05) is 11.6 Å². The Morgan fingerprint density at radius 1 is 1.62 bits per heavy atom. The van der Waals surface area contributed by atoms with Crippen molar-refractivity contribution < 1.29 is 9.53 Å². The third-order valence-corrected chi connectivity index (χ3v) is 1.92. The van der Waals surface area contributed by atoms with Gasteiger partial charge >= 0.3 is 0 Å². The molecule has 1 aromatic carbocycles. The van der Waals surface area contributed by atoms with Crippen LogP contribution in [0.3, 0.4) is 0 Å². The fourth-order valence-corrected chi connectivity index (χ4v) is 1.26. The molecular formula is C8H7BrClNO2. The first-order valence-corrected chi connectivity index (χ1v) is 4.60. The zero-order chi connectivity index (χ0) is 9.84. The molecular weight excluding hydrogens is 257 g/mol. The zero-order valence-corrected chi connectivity index (χ0v) is 9.15. The van der Waals surface area contributed by atoms with Crippen LogP contribution in [0.25, 0.3) is 0 Å². The van der Waals surface area contributed by atoms with Gasteiger partial charge in [-0.15, -0.1) is 0 Å². The summed E-state index contributed by atoms with van der Waals surface area (Å²) in [5.41, 5.74) is 0.546. The van der Waals surface area contributed by atoms with Crippen LogP contribution in [0.5, 0.6) is 5.75 Å². The number of carbonyl (C=O) groups excluding carboxylic acids is 1. The van der Waals surface area contributed by atoms with Gasteiger partial charge in [-0.05, 0) is 12.1 Å². The van der Waals surface area contributed by atoms with Crippen molar-refractivity contribution in [3.05, 3.63) is 23.2 Å². The standard InChI is InChI=1S/C8H7BrClNO2/c1-13-5-2-3-7(6(10)4-5)11-8(9)12/h2-4H,1H3,(H,11,12). The second-order valence-electron chi connectivity index (χ2n) is 2.24. The summed E-state index contributed by atoms with van der Waals surface area (Å²) in [6.07, 6.45) is 0. The summed E-state index contributed by atoms with van der Waals surface area (Å²) in [4.78, 5) is 10.3. The first kappa shape index (κ1) is 10.3. The van der Waals surface area contributed by atoms with Crippen molar-refractivity contribution in [3.8, 4) is 5.75 Å². The van der Waals surface area contributed by atoms with E-state index in [1.807, 2.05) is 0 Å². The summed E-state index contributed by atoms with van der Waals surface area (Å²) in [5, 5.41) is 2.95. The van der Waals surface area contributed by atoms with Gasteiger partial charge < -0.3 is 10.1 Å². The number of benzene rings is 1. The second-order valence-corrected chi connectivity index (χ2v) is 3.37. The Bertz CT molecular complexity index is 330. The van der Waals surface area contributed by atoms with Crippen LogP contribution < -0.4 is 10.1 Å². The first-order chi connectivity index (χ1) is 6.13. The van der Waals surface area contributed by atoms with Crippen LogP contribution >= 0.6 is 27.5 Å². The van der Waals surface area contributed by atoms with Crippen LogP contribution in [-0.4, -0.2) is 11.9 Å². The van der Waals surface area contributed by atoms with E-state index in [2.05, 4.69) is 21.2 Å². The van der Waals surface area contributed by atoms with Crippen LogP contribution in [0, 0.1) is 0 Å². The minimum Gasteiger partial charge on any atom is -0.497 e. The Labute approximate surface area is 89.2 Å². The van der Waals surface area contributed by atoms with Gasteiger partial charge in [-0.2, -0.15) is 0 Å². The van der Waals surface area contributed by atoms with Crippen LogP contribution in [-0.2, 0) is 0 Å². The fourth-order valence-electron chi connectivity index (χ4n) is 0.830. The van der Waals surface area contributed by atoms with E-state index in [0.717, 1.165) is 0 Å². The quantitative estimate of drug-likeness (QED) is 0.657. The number of nitrogens with one attached hydrogen (secondary N) is 1. The van der Waals surface area contributed by atoms with E-state index in [0.29, 0.717) is 16.5 Å². The highest BCUT2D eigenvalue weighted by atomic mass is 79.9. The van der Waals surface area contributed by atoms with Crippen molar-refractivity contribution in [2.24, 2.45) is 0 Å². The number of ether oxygens (including phenoxy) is 1. The van der Waals surface area contributed by atoms with Gasteiger partial charge in [0.25, 0.3) is 4.82 Å². The van der Waals surface area contributed by atoms with Gasteiger partial charge in [-0.3, -0.25) is 4.79 Å². The third kappa shape index (κ3) is 2.90. The normalized spacial score (nSPS) is 9.46. The Balaban J connectivity index is 2.91. The van der Waals surface area contributed by atoms with Crippen molar-refractivity contribution >= 4 is 38.0 Å². The second kappa shape index (κ2) is 4.48. The number of amides is 1. The van der Waals surface area contributed by atoms with E-state index in [1.165, 1.54) is 0 Å². The molecule has 0 radical (unpaired) electrons. The van der Waals surface area contributed by atoms with Crippen molar-refractivity contribution in [3.63, 3.8) is 0 Å². The van der Waals surface area contributed by atoms with Crippen LogP contribution in [0.1, 0.15) is 0 Å². The predicted molar refractivity (Wildman–Crippen MR) is 55.9 cm³/mol. The number of carbonyl (C=O) groups is 1. The van der Waals surface area contributed by atoms with E-state index in [-0.39, 0.29) is 4.82 Å². The molecule has 13 heavy (non-hydrogen) atoms. The first-order valence-electron chi connectivity index (χ1n) is 3.43. The molecule has 0 aromatic heterocycles. The molecule has 70 valence electrons. The Kier molecular flexibility index (Phi) is 3.57. The molecule has 1 rings (SSSR count). The Morgan fingerprint density at radius 3 is 2.77 bits per heavy atom. The molecule has 0 spiro atoms. The van der Waals surface area contributed by atoms with Crippen molar-refractivity contribution in [1.82, 2.24) is 0 Å². The van der Waals surface area contributed by atoms with Crippen LogP contribution in [0.2, 0.25) is 5.02 Å². The van der Waals surface area contributed by atoms with Crippen molar-refractivity contribution in [2.75, 3.05) is 12.4 Å². The molecule has 0 fully saturated rings. The number of hydrogen-bond acceptors (Lipinski definition) is 2. The van der Waals surface area contributed by atoms with Gasteiger partial charge in [0.1, 0.15) is 5.75 Å². The number of anilines is 1. The van der Waals surface area contributed by atoms with Crippen LogP contribution in [0.15, 0.2) is 18.2 Å². The highest BCUT2D eigenvalue weighted by molar-refractivity contribution is 9.18. The highest BCUT2D eigenvalue weighted by Gasteiger charge is 2.03. The monoisotopic (exact) mass is 263 g/mol. The predicted octanol–water partition coefficient (Wildman–Crippen LogP) is 3.28. The molecule has 0 aliphatic heterocycles. The Hall–Kier alpha value is -0.740. The smallest absolute Gasteiger partial charge is 0.291 e. The van der Waals surface area contributed by atoms with Gasteiger partial charge in [0.15, 0.2) is 0 Å². The molecule has 5 heteroatoms. The van der Waals surface area contributed by atoms with Gasteiger partial charge in [-0.25, -0.2) is 0 Å². The average Bonchev–Trinajstić information content (AvgIpc) is 2.08. The summed E-state index contributed by atoms with van der Waals surface area (Å²) in [5.74, 6) is 0.651. The molecule has 0 atom stereocenters. The lowest BCUT2D eigenvalue weighted by atomic mass is 10.3. The maximum atomic E-state index is 10.6. The minimum absolute atomic E-state index is 0.334. The molecule has 3 nitrogen and oxygen atoms in total. The highest BCUT2D eigenvalue weighted by Crippen LogP contribution is 2.26. The molecule has 0 heterocycles. The molecule has 1 N–H and O–H groups in total. The molecule has 1 amide bonds. The fraction of sp³-hybridized carbons (Fsp3) is 0.125. The third-order valence-electron chi connectivity index (χ3n) is 1.41. The molecule has 0 saturated carbocycles. The van der Waals surface area contributed by atoms with E-state index in [1.54, 1.807) is 25.3 Å². The van der Waals surface area contributed by atoms with Gasteiger partial charge in [0.2, 0.25) is 0 Å². The SMILES string of the molecule is COc1ccc(NC(=O)Br)c(Cl)c1. The van der Waals surface area contributed by atoms with E-state index in [9.17, 15) is 4.79 Å². The lowest BCUT2D eigenvalue weighted by molar-refractivity contribution is 0.270. The lowest BCUT2D eigenvalue weighted by Gasteiger charge is -2.05. The summed E-state index contributed by atoms with van der Waals surface area (Å²) in [6, 6.07) is 5.00. The largest absolute Gasteiger partial charge is 0.497 e. The number of rotatable bonds is 2. The summed E-state index contributed by atoms with van der Waals surface area (Å²) >= 11 is 8.58. The van der Waals surface area contributed by atoms with Gasteiger partial charge in [0.05, 0.1) is 17.8 Å². The average molecular weight is 265 g/mol. The maximum absolute atomic E-state index is 10.6. The molecule has 0 unspecified atom stereocenters.